The van der Waals surface area contributed by atoms with Gasteiger partial charge >= 0.3 is 5.97 Å². The second kappa shape index (κ2) is 12.0. The second-order valence-electron chi connectivity index (χ2n) is 9.02. The number of hydrogen-bond acceptors (Lipinski definition) is 7. The molecule has 0 spiro atoms. The zero-order chi connectivity index (χ0) is 26.4. The molecule has 2 aliphatic heterocycles. The van der Waals surface area contributed by atoms with Gasteiger partial charge in [0.25, 0.3) is 0 Å². The van der Waals surface area contributed by atoms with Crippen molar-refractivity contribution in [1.82, 2.24) is 4.31 Å². The summed E-state index contributed by atoms with van der Waals surface area (Å²) in [6.07, 6.45) is 1.72. The SMILES string of the molecule is COCCOCCOc1ccc(S(=O)(=O)N2CC(/C=[N+]3\N=C(CC(=O)O)c4ccccc43)[C@H](C)C2)cc1. The highest BCUT2D eigenvalue weighted by atomic mass is 32.2. The number of aliphatic carboxylic acids is 1. The third-order valence-electron chi connectivity index (χ3n) is 6.37. The molecular formula is C26H32N3O7S+. The molecule has 37 heavy (non-hydrogen) atoms. The van der Waals surface area contributed by atoms with E-state index >= 15 is 0 Å². The van der Waals surface area contributed by atoms with Gasteiger partial charge in [0, 0.05) is 31.4 Å². The summed E-state index contributed by atoms with van der Waals surface area (Å²) in [5.41, 5.74) is 2.06. The molecule has 2 aromatic rings. The number of carboxylic acids is 1. The van der Waals surface area contributed by atoms with Crippen LogP contribution in [0.2, 0.25) is 0 Å². The number of carboxylic acid groups (broad SMARTS) is 1. The monoisotopic (exact) mass is 530 g/mol. The Morgan fingerprint density at radius 2 is 1.84 bits per heavy atom. The van der Waals surface area contributed by atoms with Crippen LogP contribution in [0, 0.1) is 11.8 Å². The molecule has 1 N–H and O–H groups in total. The van der Waals surface area contributed by atoms with Gasteiger partial charge in [0.2, 0.25) is 15.7 Å². The fourth-order valence-corrected chi connectivity index (χ4v) is 5.96. The Hall–Kier alpha value is -3.12. The van der Waals surface area contributed by atoms with Gasteiger partial charge in [-0.1, -0.05) is 23.7 Å². The molecule has 2 heterocycles. The quantitative estimate of drug-likeness (QED) is 0.331. The minimum atomic E-state index is -3.69. The van der Waals surface area contributed by atoms with Crippen molar-refractivity contribution in [3.8, 4) is 5.75 Å². The van der Waals surface area contributed by atoms with Crippen LogP contribution in [0.25, 0.3) is 0 Å². The van der Waals surface area contributed by atoms with E-state index in [1.807, 2.05) is 37.4 Å². The van der Waals surface area contributed by atoms with E-state index in [-0.39, 0.29) is 23.2 Å². The lowest BCUT2D eigenvalue weighted by atomic mass is 9.99. The molecule has 0 aromatic heterocycles. The number of fused-ring (bicyclic) bond motifs is 1. The molecule has 0 amide bonds. The molecule has 0 radical (unpaired) electrons. The molecule has 1 fully saturated rings. The highest BCUT2D eigenvalue weighted by molar-refractivity contribution is 7.89. The average molecular weight is 531 g/mol. The Balaban J connectivity index is 1.42. The standard InChI is InChI=1S/C26H31N3O7S/c1-19-16-28(37(32,33)22-9-7-21(8-10-22)36-14-13-35-12-11-34-2)17-20(19)18-29-25-6-4-3-5-23(25)24(27-29)15-26(30)31/h3-10,18-20H,11-17H2,1-2H3/p+1/b29-18-/t19-,20?/m1/s1. The van der Waals surface area contributed by atoms with Crippen LogP contribution in [-0.4, -0.2) is 87.0 Å². The molecule has 10 nitrogen and oxygen atoms in total. The van der Waals surface area contributed by atoms with Crippen molar-refractivity contribution in [2.45, 2.75) is 18.2 Å². The summed E-state index contributed by atoms with van der Waals surface area (Å²) in [5, 5.41) is 13.8. The molecule has 2 atom stereocenters. The number of hydrazone groups is 1. The van der Waals surface area contributed by atoms with E-state index in [0.29, 0.717) is 51.0 Å². The Morgan fingerprint density at radius 3 is 2.57 bits per heavy atom. The van der Waals surface area contributed by atoms with E-state index in [0.717, 1.165) is 11.3 Å². The van der Waals surface area contributed by atoms with Crippen molar-refractivity contribution in [3.05, 3.63) is 54.1 Å². The number of para-hydroxylation sites is 1. The first-order valence-corrected chi connectivity index (χ1v) is 13.6. The van der Waals surface area contributed by atoms with Crippen LogP contribution < -0.4 is 4.74 Å². The molecule has 1 saturated heterocycles. The lowest BCUT2D eigenvalue weighted by Gasteiger charge is -2.16. The van der Waals surface area contributed by atoms with Gasteiger partial charge in [0.1, 0.15) is 18.1 Å². The first kappa shape index (κ1) is 26.9. The van der Waals surface area contributed by atoms with Gasteiger partial charge in [0.15, 0.2) is 6.21 Å². The van der Waals surface area contributed by atoms with Crippen molar-refractivity contribution < 1.29 is 37.2 Å². The van der Waals surface area contributed by atoms with Crippen molar-refractivity contribution >= 4 is 33.6 Å². The van der Waals surface area contributed by atoms with E-state index in [9.17, 15) is 18.3 Å². The minimum absolute atomic E-state index is 0.0568. The van der Waals surface area contributed by atoms with E-state index in [1.54, 1.807) is 36.1 Å². The third kappa shape index (κ3) is 6.42. The molecule has 4 rings (SSSR count). The lowest BCUT2D eigenvalue weighted by molar-refractivity contribution is -0.438. The fourth-order valence-electron chi connectivity index (χ4n) is 4.38. The summed E-state index contributed by atoms with van der Waals surface area (Å²) >= 11 is 0. The smallest absolute Gasteiger partial charge is 0.309 e. The predicted octanol–water partition coefficient (Wildman–Crippen LogP) is 2.59. The van der Waals surface area contributed by atoms with Crippen molar-refractivity contribution in [2.75, 3.05) is 46.6 Å². The maximum atomic E-state index is 13.3. The number of sulfonamides is 1. The third-order valence-corrected chi connectivity index (χ3v) is 8.21. The number of benzene rings is 2. The van der Waals surface area contributed by atoms with Crippen LogP contribution in [0.1, 0.15) is 18.9 Å². The van der Waals surface area contributed by atoms with Gasteiger partial charge in [-0.3, -0.25) is 4.79 Å². The molecule has 0 saturated carbocycles. The highest BCUT2D eigenvalue weighted by Gasteiger charge is 2.40. The highest BCUT2D eigenvalue weighted by Crippen LogP contribution is 2.31. The van der Waals surface area contributed by atoms with Crippen LogP contribution in [0.4, 0.5) is 5.69 Å². The zero-order valence-electron chi connectivity index (χ0n) is 20.9. The molecule has 2 aliphatic rings. The van der Waals surface area contributed by atoms with Gasteiger partial charge in [-0.25, -0.2) is 8.42 Å². The summed E-state index contributed by atoms with van der Waals surface area (Å²) in [6, 6.07) is 13.8. The van der Waals surface area contributed by atoms with Gasteiger partial charge in [0.05, 0.1) is 42.6 Å². The number of ether oxygens (including phenoxy) is 3. The van der Waals surface area contributed by atoms with Crippen molar-refractivity contribution in [2.24, 2.45) is 16.9 Å². The predicted molar refractivity (Wildman–Crippen MR) is 137 cm³/mol. The van der Waals surface area contributed by atoms with Crippen LogP contribution in [0.15, 0.2) is 58.5 Å². The van der Waals surface area contributed by atoms with Crippen molar-refractivity contribution in [3.63, 3.8) is 0 Å². The maximum Gasteiger partial charge on any atom is 0.309 e. The Bertz CT molecular complexity index is 1280. The minimum Gasteiger partial charge on any atom is -0.491 e. The molecule has 0 aliphatic carbocycles. The van der Waals surface area contributed by atoms with Crippen LogP contribution in [-0.2, 0) is 24.3 Å². The number of rotatable bonds is 12. The van der Waals surface area contributed by atoms with E-state index < -0.39 is 16.0 Å². The summed E-state index contributed by atoms with van der Waals surface area (Å²) in [5.74, 6) is -0.412. The number of carbonyl (C=O) groups is 1. The van der Waals surface area contributed by atoms with Gasteiger partial charge in [-0.2, -0.15) is 4.31 Å². The lowest BCUT2D eigenvalue weighted by Crippen LogP contribution is -2.29. The first-order chi connectivity index (χ1) is 17.8. The van der Waals surface area contributed by atoms with Crippen LogP contribution in [0.3, 0.4) is 0 Å². The number of methoxy groups -OCH3 is 1. The first-order valence-electron chi connectivity index (χ1n) is 12.1. The average Bonchev–Trinajstić information content (AvgIpc) is 3.42. The normalized spacial score (nSPS) is 20.7. The summed E-state index contributed by atoms with van der Waals surface area (Å²) in [7, 11) is -2.08. The summed E-state index contributed by atoms with van der Waals surface area (Å²) in [4.78, 5) is 11.5. The van der Waals surface area contributed by atoms with E-state index in [2.05, 4.69) is 5.10 Å². The molecule has 2 aromatic carbocycles. The molecule has 0 bridgehead atoms. The molecule has 1 unspecified atom stereocenters. The Morgan fingerprint density at radius 1 is 1.11 bits per heavy atom. The Labute approximate surface area is 216 Å². The number of hydrogen-bond donors (Lipinski definition) is 1. The largest absolute Gasteiger partial charge is 0.491 e. The van der Waals surface area contributed by atoms with Crippen LogP contribution in [0.5, 0.6) is 5.75 Å². The molecular weight excluding hydrogens is 498 g/mol. The Kier molecular flexibility index (Phi) is 8.70. The maximum absolute atomic E-state index is 13.3. The van der Waals surface area contributed by atoms with Gasteiger partial charge < -0.3 is 19.3 Å². The second-order valence-corrected chi connectivity index (χ2v) is 11.0. The van der Waals surface area contributed by atoms with E-state index in [1.165, 1.54) is 4.31 Å². The van der Waals surface area contributed by atoms with Crippen LogP contribution >= 0.6 is 0 Å². The van der Waals surface area contributed by atoms with Gasteiger partial charge in [-0.05, 0) is 36.2 Å². The summed E-state index contributed by atoms with van der Waals surface area (Å²) in [6.45, 7) is 4.47. The van der Waals surface area contributed by atoms with Gasteiger partial charge in [-0.15, -0.1) is 0 Å². The zero-order valence-corrected chi connectivity index (χ0v) is 21.8. The van der Waals surface area contributed by atoms with Crippen molar-refractivity contribution in [1.29, 1.82) is 0 Å². The molecule has 198 valence electrons. The summed E-state index contributed by atoms with van der Waals surface area (Å²) < 4.78 is 45.7. The van der Waals surface area contributed by atoms with E-state index in [4.69, 9.17) is 14.2 Å². The topological polar surface area (TPSA) is 118 Å². The molecule has 11 heteroatoms. The fraction of sp³-hybridized carbons (Fsp3) is 0.423. The number of nitrogens with zero attached hydrogens (tertiary/aromatic N) is 3.